The van der Waals surface area contributed by atoms with Gasteiger partial charge in [-0.25, -0.2) is 0 Å². The number of aromatic nitrogens is 1. The van der Waals surface area contributed by atoms with Gasteiger partial charge in [0.25, 0.3) is 0 Å². The molecule has 17 heavy (non-hydrogen) atoms. The Labute approximate surface area is 102 Å². The lowest BCUT2D eigenvalue weighted by atomic mass is 9.94. The predicted octanol–water partition coefficient (Wildman–Crippen LogP) is 1.02. The highest BCUT2D eigenvalue weighted by atomic mass is 16.5. The first-order valence-electron chi connectivity index (χ1n) is 6.10. The normalized spacial score (nSPS) is 19.2. The van der Waals surface area contributed by atoms with E-state index in [4.69, 9.17) is 4.74 Å². The molecule has 0 amide bonds. The molecule has 0 aromatic carbocycles. The molecule has 1 aliphatic rings. The molecule has 1 fully saturated rings. The minimum Gasteiger partial charge on any atom is -0.388 e. The minimum atomic E-state index is -0.603. The van der Waals surface area contributed by atoms with E-state index >= 15 is 0 Å². The lowest BCUT2D eigenvalue weighted by molar-refractivity contribution is -0.0617. The zero-order valence-corrected chi connectivity index (χ0v) is 10.3. The number of ether oxygens (including phenoxy) is 1. The van der Waals surface area contributed by atoms with Crippen LogP contribution < -0.4 is 5.32 Å². The summed E-state index contributed by atoms with van der Waals surface area (Å²) in [5.74, 6) is 0. The Morgan fingerprint density at radius 3 is 2.94 bits per heavy atom. The van der Waals surface area contributed by atoms with Gasteiger partial charge in [-0.15, -0.1) is 0 Å². The van der Waals surface area contributed by atoms with E-state index in [9.17, 15) is 5.11 Å². The quantitative estimate of drug-likeness (QED) is 0.819. The van der Waals surface area contributed by atoms with Crippen molar-refractivity contribution in [1.29, 1.82) is 0 Å². The molecule has 4 nitrogen and oxygen atoms in total. The third-order valence-corrected chi connectivity index (χ3v) is 3.34. The maximum Gasteiger partial charge on any atom is 0.0815 e. The molecule has 1 aromatic rings. The van der Waals surface area contributed by atoms with Crippen molar-refractivity contribution in [2.24, 2.45) is 0 Å². The van der Waals surface area contributed by atoms with Crippen molar-refractivity contribution in [2.45, 2.75) is 31.9 Å². The van der Waals surface area contributed by atoms with E-state index in [1.807, 2.05) is 12.3 Å². The molecule has 0 spiro atoms. The van der Waals surface area contributed by atoms with Crippen molar-refractivity contribution >= 4 is 0 Å². The molecular formula is C13H20N2O2. The Balaban J connectivity index is 1.81. The SMILES string of the molecule is Cc1ccncc1CNCC1(O)CCOCC1. The first-order valence-corrected chi connectivity index (χ1v) is 6.10. The molecule has 1 aliphatic heterocycles. The van der Waals surface area contributed by atoms with Crippen LogP contribution in [0.5, 0.6) is 0 Å². The number of hydrogen-bond donors (Lipinski definition) is 2. The number of rotatable bonds is 4. The Bertz CT molecular complexity index is 362. The number of nitrogens with zero attached hydrogens (tertiary/aromatic N) is 1. The summed E-state index contributed by atoms with van der Waals surface area (Å²) in [7, 11) is 0. The van der Waals surface area contributed by atoms with Crippen LogP contribution in [0.4, 0.5) is 0 Å². The molecule has 0 atom stereocenters. The average Bonchev–Trinajstić information content (AvgIpc) is 2.32. The van der Waals surface area contributed by atoms with E-state index in [1.54, 1.807) is 6.20 Å². The summed E-state index contributed by atoms with van der Waals surface area (Å²) in [6.45, 7) is 4.75. The van der Waals surface area contributed by atoms with Gasteiger partial charge in [-0.05, 0) is 24.1 Å². The van der Waals surface area contributed by atoms with Gasteiger partial charge in [0.1, 0.15) is 0 Å². The van der Waals surface area contributed by atoms with Gasteiger partial charge >= 0.3 is 0 Å². The summed E-state index contributed by atoms with van der Waals surface area (Å²) in [6, 6.07) is 2.00. The van der Waals surface area contributed by atoms with Crippen LogP contribution in [0.1, 0.15) is 24.0 Å². The van der Waals surface area contributed by atoms with Gasteiger partial charge in [-0.3, -0.25) is 4.98 Å². The molecule has 0 saturated carbocycles. The number of pyridine rings is 1. The molecule has 2 rings (SSSR count). The zero-order valence-electron chi connectivity index (χ0n) is 10.3. The summed E-state index contributed by atoms with van der Waals surface area (Å²) >= 11 is 0. The Kier molecular flexibility index (Phi) is 4.10. The van der Waals surface area contributed by atoms with E-state index in [-0.39, 0.29) is 0 Å². The van der Waals surface area contributed by atoms with Gasteiger partial charge < -0.3 is 15.2 Å². The first kappa shape index (κ1) is 12.5. The molecule has 2 heterocycles. The number of aliphatic hydroxyl groups is 1. The first-order chi connectivity index (χ1) is 8.20. The van der Waals surface area contributed by atoms with Crippen molar-refractivity contribution in [2.75, 3.05) is 19.8 Å². The third-order valence-electron chi connectivity index (χ3n) is 3.34. The van der Waals surface area contributed by atoms with Gasteiger partial charge in [0.15, 0.2) is 0 Å². The lowest BCUT2D eigenvalue weighted by Gasteiger charge is -2.32. The standard InChI is InChI=1S/C13H20N2O2/c1-11-2-5-14-8-12(11)9-15-10-13(16)3-6-17-7-4-13/h2,5,8,15-16H,3-4,6-7,9-10H2,1H3. The Morgan fingerprint density at radius 2 is 2.24 bits per heavy atom. The number of aryl methyl sites for hydroxylation is 1. The molecule has 0 radical (unpaired) electrons. The molecule has 1 aromatic heterocycles. The topological polar surface area (TPSA) is 54.4 Å². The van der Waals surface area contributed by atoms with E-state index in [1.165, 1.54) is 11.1 Å². The van der Waals surface area contributed by atoms with Crippen LogP contribution in [-0.4, -0.2) is 35.5 Å². The molecule has 0 unspecified atom stereocenters. The maximum atomic E-state index is 10.3. The second kappa shape index (κ2) is 5.58. The summed E-state index contributed by atoms with van der Waals surface area (Å²) in [5, 5.41) is 13.6. The van der Waals surface area contributed by atoms with E-state index in [0.717, 1.165) is 6.54 Å². The maximum absolute atomic E-state index is 10.3. The van der Waals surface area contributed by atoms with Crippen molar-refractivity contribution in [1.82, 2.24) is 10.3 Å². The second-order valence-corrected chi connectivity index (χ2v) is 4.74. The average molecular weight is 236 g/mol. The fourth-order valence-electron chi connectivity index (χ4n) is 2.04. The summed E-state index contributed by atoms with van der Waals surface area (Å²) in [5.41, 5.74) is 1.81. The molecule has 94 valence electrons. The van der Waals surface area contributed by atoms with Gasteiger partial charge in [0.05, 0.1) is 5.60 Å². The van der Waals surface area contributed by atoms with E-state index < -0.39 is 5.60 Å². The molecule has 2 N–H and O–H groups in total. The highest BCUT2D eigenvalue weighted by Gasteiger charge is 2.29. The third kappa shape index (κ3) is 3.49. The minimum absolute atomic E-state index is 0.603. The van der Waals surface area contributed by atoms with Crippen LogP contribution in [0, 0.1) is 6.92 Å². The van der Waals surface area contributed by atoms with E-state index in [0.29, 0.717) is 32.6 Å². The van der Waals surface area contributed by atoms with Crippen LogP contribution in [0.3, 0.4) is 0 Å². The second-order valence-electron chi connectivity index (χ2n) is 4.74. The fraction of sp³-hybridized carbons (Fsp3) is 0.615. The number of hydrogen-bond acceptors (Lipinski definition) is 4. The largest absolute Gasteiger partial charge is 0.388 e. The monoisotopic (exact) mass is 236 g/mol. The highest BCUT2D eigenvalue weighted by molar-refractivity contribution is 5.21. The van der Waals surface area contributed by atoms with Crippen molar-refractivity contribution < 1.29 is 9.84 Å². The van der Waals surface area contributed by atoms with Gasteiger partial charge in [-0.1, -0.05) is 0 Å². The molecule has 1 saturated heterocycles. The number of nitrogens with one attached hydrogen (secondary N) is 1. The predicted molar refractivity (Wildman–Crippen MR) is 65.7 cm³/mol. The van der Waals surface area contributed by atoms with Gasteiger partial charge in [-0.2, -0.15) is 0 Å². The van der Waals surface area contributed by atoms with Crippen LogP contribution in [0.2, 0.25) is 0 Å². The summed E-state index contributed by atoms with van der Waals surface area (Å²) in [4.78, 5) is 4.11. The molecule has 4 heteroatoms. The Morgan fingerprint density at radius 1 is 1.47 bits per heavy atom. The van der Waals surface area contributed by atoms with E-state index in [2.05, 4.69) is 17.2 Å². The Hall–Kier alpha value is -0.970. The smallest absolute Gasteiger partial charge is 0.0815 e. The summed E-state index contributed by atoms with van der Waals surface area (Å²) < 4.78 is 5.25. The fourth-order valence-corrected chi connectivity index (χ4v) is 2.04. The zero-order chi connectivity index (χ0) is 12.1. The van der Waals surface area contributed by atoms with Gasteiger partial charge in [0, 0.05) is 51.5 Å². The molecule has 0 aliphatic carbocycles. The van der Waals surface area contributed by atoms with Gasteiger partial charge in [0.2, 0.25) is 0 Å². The van der Waals surface area contributed by atoms with Crippen molar-refractivity contribution in [3.63, 3.8) is 0 Å². The van der Waals surface area contributed by atoms with Crippen LogP contribution in [0.25, 0.3) is 0 Å². The van der Waals surface area contributed by atoms with Crippen LogP contribution >= 0.6 is 0 Å². The molecule has 0 bridgehead atoms. The lowest BCUT2D eigenvalue weighted by Crippen LogP contribution is -2.44. The van der Waals surface area contributed by atoms with Crippen molar-refractivity contribution in [3.05, 3.63) is 29.6 Å². The summed E-state index contributed by atoms with van der Waals surface area (Å²) in [6.07, 6.45) is 5.10. The highest BCUT2D eigenvalue weighted by Crippen LogP contribution is 2.19. The van der Waals surface area contributed by atoms with Crippen LogP contribution in [0.15, 0.2) is 18.5 Å². The van der Waals surface area contributed by atoms with Crippen molar-refractivity contribution in [3.8, 4) is 0 Å². The molecular weight excluding hydrogens is 216 g/mol. The van der Waals surface area contributed by atoms with Crippen LogP contribution in [-0.2, 0) is 11.3 Å².